The molecule has 0 aliphatic heterocycles. The Hall–Kier alpha value is -2.56. The first-order valence-electron chi connectivity index (χ1n) is 9.17. The largest absolute Gasteiger partial charge is 0.326 e. The highest BCUT2D eigenvalue weighted by Crippen LogP contribution is 2.23. The Labute approximate surface area is 172 Å². The molecule has 0 N–H and O–H groups in total. The van der Waals surface area contributed by atoms with Crippen molar-refractivity contribution in [3.8, 4) is 0 Å². The summed E-state index contributed by atoms with van der Waals surface area (Å²) in [4.78, 5) is 22.0. The summed E-state index contributed by atoms with van der Waals surface area (Å²) in [6.07, 6.45) is 2.42. The van der Waals surface area contributed by atoms with Crippen LogP contribution in [0.5, 0.6) is 0 Å². The normalized spacial score (nSPS) is 12.4. The van der Waals surface area contributed by atoms with Crippen molar-refractivity contribution in [2.45, 2.75) is 31.3 Å². The molecule has 0 atom stereocenters. The molecule has 0 radical (unpaired) electrons. The molecule has 3 heterocycles. The molecule has 152 valence electrons. The van der Waals surface area contributed by atoms with Gasteiger partial charge in [0.15, 0.2) is 0 Å². The summed E-state index contributed by atoms with van der Waals surface area (Å²) in [6.45, 7) is 3.05. The van der Waals surface area contributed by atoms with Crippen LogP contribution in [0.25, 0.3) is 21.3 Å². The fourth-order valence-electron chi connectivity index (χ4n) is 3.27. The minimum Gasteiger partial charge on any atom is -0.326 e. The van der Waals surface area contributed by atoms with E-state index in [9.17, 15) is 13.2 Å². The summed E-state index contributed by atoms with van der Waals surface area (Å²) in [5, 5.41) is 1.85. The zero-order chi connectivity index (χ0) is 20.8. The van der Waals surface area contributed by atoms with Gasteiger partial charge in [0.05, 0.1) is 34.3 Å². The van der Waals surface area contributed by atoms with E-state index in [-0.39, 0.29) is 17.0 Å². The molecule has 0 bridgehead atoms. The third-order valence-corrected chi connectivity index (χ3v) is 7.47. The second-order valence-corrected chi connectivity index (χ2v) is 10.00. The minimum absolute atomic E-state index is 0.101. The first-order valence-corrected chi connectivity index (χ1v) is 11.5. The van der Waals surface area contributed by atoms with Gasteiger partial charge < -0.3 is 4.57 Å². The SMILES string of the molecule is CCCn1c(Cn2cnc3ccsc3c2=O)nc2cc(S(=O)(=O)N(C)C)ccc21. The van der Waals surface area contributed by atoms with Gasteiger partial charge in [-0.1, -0.05) is 6.92 Å². The van der Waals surface area contributed by atoms with Gasteiger partial charge in [-0.05, 0) is 36.1 Å². The second kappa shape index (κ2) is 7.36. The summed E-state index contributed by atoms with van der Waals surface area (Å²) in [6, 6.07) is 6.79. The number of fused-ring (bicyclic) bond motifs is 2. The molecular formula is C19H21N5O3S2. The fourth-order valence-corrected chi connectivity index (χ4v) is 4.98. The number of benzene rings is 1. The monoisotopic (exact) mass is 431 g/mol. The van der Waals surface area contributed by atoms with Gasteiger partial charge in [0, 0.05) is 20.6 Å². The summed E-state index contributed by atoms with van der Waals surface area (Å²) < 4.78 is 30.3. The summed E-state index contributed by atoms with van der Waals surface area (Å²) in [7, 11) is -0.546. The molecule has 4 rings (SSSR count). The molecule has 0 amide bonds. The molecule has 0 saturated heterocycles. The van der Waals surface area contributed by atoms with Crippen LogP contribution in [-0.2, 0) is 23.1 Å². The molecule has 4 aromatic rings. The first kappa shape index (κ1) is 19.7. The van der Waals surface area contributed by atoms with Crippen LogP contribution in [0.15, 0.2) is 45.7 Å². The Kier molecular flexibility index (Phi) is 5.01. The molecule has 0 fully saturated rings. The van der Waals surface area contributed by atoms with Crippen LogP contribution < -0.4 is 5.56 Å². The topological polar surface area (TPSA) is 90.1 Å². The molecular weight excluding hydrogens is 410 g/mol. The van der Waals surface area contributed by atoms with Gasteiger partial charge in [0.2, 0.25) is 10.0 Å². The highest BCUT2D eigenvalue weighted by Gasteiger charge is 2.20. The predicted molar refractivity (Wildman–Crippen MR) is 114 cm³/mol. The second-order valence-electron chi connectivity index (χ2n) is 6.93. The van der Waals surface area contributed by atoms with Crippen LogP contribution in [0.3, 0.4) is 0 Å². The number of imidazole rings is 1. The Morgan fingerprint density at radius 2 is 1.97 bits per heavy atom. The van der Waals surface area contributed by atoms with Crippen LogP contribution in [-0.4, -0.2) is 45.9 Å². The maximum Gasteiger partial charge on any atom is 0.271 e. The van der Waals surface area contributed by atoms with E-state index in [1.54, 1.807) is 22.8 Å². The number of hydrogen-bond donors (Lipinski definition) is 0. The van der Waals surface area contributed by atoms with Crippen LogP contribution >= 0.6 is 11.3 Å². The Morgan fingerprint density at radius 1 is 1.17 bits per heavy atom. The summed E-state index contributed by atoms with van der Waals surface area (Å²) >= 11 is 1.37. The van der Waals surface area contributed by atoms with E-state index in [0.29, 0.717) is 21.6 Å². The number of sulfonamides is 1. The third-order valence-electron chi connectivity index (χ3n) is 4.77. The van der Waals surface area contributed by atoms with Crippen molar-refractivity contribution in [3.05, 3.63) is 52.2 Å². The number of hydrogen-bond acceptors (Lipinski definition) is 6. The van der Waals surface area contributed by atoms with Crippen molar-refractivity contribution in [2.75, 3.05) is 14.1 Å². The summed E-state index contributed by atoms with van der Waals surface area (Å²) in [5.74, 6) is 0.695. The average molecular weight is 432 g/mol. The molecule has 0 aliphatic carbocycles. The number of rotatable bonds is 6. The number of aryl methyl sites for hydroxylation is 1. The van der Waals surface area contributed by atoms with Crippen LogP contribution in [0.1, 0.15) is 19.2 Å². The standard InChI is InChI=1S/C19H21N5O3S2/c1-4-8-24-16-6-5-13(29(26,27)22(2)3)10-15(16)21-17(24)11-23-12-20-14-7-9-28-18(14)19(23)25/h5-7,9-10,12H,4,8,11H2,1-3H3. The molecule has 10 heteroatoms. The van der Waals surface area contributed by atoms with Crippen molar-refractivity contribution in [2.24, 2.45) is 0 Å². The zero-order valence-corrected chi connectivity index (χ0v) is 18.0. The van der Waals surface area contributed by atoms with E-state index >= 15 is 0 Å². The minimum atomic E-state index is -3.55. The van der Waals surface area contributed by atoms with E-state index < -0.39 is 10.0 Å². The van der Waals surface area contributed by atoms with Gasteiger partial charge in [-0.3, -0.25) is 9.36 Å². The van der Waals surface area contributed by atoms with Crippen LogP contribution in [0.2, 0.25) is 0 Å². The molecule has 0 spiro atoms. The van der Waals surface area contributed by atoms with Gasteiger partial charge in [-0.2, -0.15) is 0 Å². The van der Waals surface area contributed by atoms with E-state index in [0.717, 1.165) is 18.5 Å². The molecule has 0 aliphatic rings. The van der Waals surface area contributed by atoms with E-state index in [1.807, 2.05) is 16.0 Å². The highest BCUT2D eigenvalue weighted by molar-refractivity contribution is 7.89. The van der Waals surface area contributed by atoms with Crippen molar-refractivity contribution in [1.82, 2.24) is 23.4 Å². The lowest BCUT2D eigenvalue weighted by atomic mass is 10.3. The lowest BCUT2D eigenvalue weighted by Gasteiger charge is -2.11. The molecule has 1 aromatic carbocycles. The van der Waals surface area contributed by atoms with Gasteiger partial charge in [-0.25, -0.2) is 22.7 Å². The lowest BCUT2D eigenvalue weighted by Crippen LogP contribution is -2.22. The Balaban J connectivity index is 1.83. The zero-order valence-electron chi connectivity index (χ0n) is 16.4. The molecule has 0 unspecified atom stereocenters. The van der Waals surface area contributed by atoms with Crippen molar-refractivity contribution in [3.63, 3.8) is 0 Å². The van der Waals surface area contributed by atoms with Crippen molar-refractivity contribution < 1.29 is 8.42 Å². The maximum atomic E-state index is 12.8. The average Bonchev–Trinajstić information content (AvgIpc) is 3.29. The van der Waals surface area contributed by atoms with Gasteiger partial charge in [0.1, 0.15) is 10.5 Å². The van der Waals surface area contributed by atoms with Crippen LogP contribution in [0, 0.1) is 0 Å². The van der Waals surface area contributed by atoms with Gasteiger partial charge in [-0.15, -0.1) is 11.3 Å². The maximum absolute atomic E-state index is 12.8. The number of nitrogens with zero attached hydrogens (tertiary/aromatic N) is 5. The van der Waals surface area contributed by atoms with Crippen molar-refractivity contribution in [1.29, 1.82) is 0 Å². The molecule has 8 nitrogen and oxygen atoms in total. The molecule has 0 saturated carbocycles. The number of thiophene rings is 1. The van der Waals surface area contributed by atoms with E-state index in [1.165, 1.54) is 36.1 Å². The van der Waals surface area contributed by atoms with E-state index in [4.69, 9.17) is 0 Å². The quantitative estimate of drug-likeness (QED) is 0.468. The smallest absolute Gasteiger partial charge is 0.271 e. The Morgan fingerprint density at radius 3 is 2.69 bits per heavy atom. The van der Waals surface area contributed by atoms with Crippen molar-refractivity contribution >= 4 is 42.6 Å². The van der Waals surface area contributed by atoms with Gasteiger partial charge in [0.25, 0.3) is 5.56 Å². The predicted octanol–water partition coefficient (Wildman–Crippen LogP) is 2.52. The first-order chi connectivity index (χ1) is 13.8. The third kappa shape index (κ3) is 3.37. The number of aromatic nitrogens is 4. The Bertz CT molecular complexity index is 1370. The molecule has 29 heavy (non-hydrogen) atoms. The van der Waals surface area contributed by atoms with Gasteiger partial charge >= 0.3 is 0 Å². The fraction of sp³-hybridized carbons (Fsp3) is 0.316. The lowest BCUT2D eigenvalue weighted by molar-refractivity contribution is 0.521. The van der Waals surface area contributed by atoms with E-state index in [2.05, 4.69) is 16.9 Å². The summed E-state index contributed by atoms with van der Waals surface area (Å²) in [5.41, 5.74) is 2.03. The van der Waals surface area contributed by atoms with Crippen LogP contribution in [0.4, 0.5) is 0 Å². The molecule has 3 aromatic heterocycles. The highest BCUT2D eigenvalue weighted by atomic mass is 32.2.